The van der Waals surface area contributed by atoms with E-state index in [9.17, 15) is 37.2 Å². The second-order valence-electron chi connectivity index (χ2n) is 17.0. The van der Waals surface area contributed by atoms with E-state index in [2.05, 4.69) is 16.0 Å². The summed E-state index contributed by atoms with van der Waals surface area (Å²) in [6, 6.07) is 2.80. The van der Waals surface area contributed by atoms with Crippen molar-refractivity contribution >= 4 is 45.7 Å². The number of nitrogens with two attached hydrogens (primary N) is 1. The normalized spacial score (nSPS) is 20.7. The molecule has 54 heavy (non-hydrogen) atoms. The lowest BCUT2D eigenvalue weighted by atomic mass is 9.85. The second-order valence-corrected chi connectivity index (χ2v) is 19.1. The molecule has 17 heteroatoms. The van der Waals surface area contributed by atoms with Gasteiger partial charge in [-0.25, -0.2) is 22.3 Å². The SMILES string of the molecule is CN(C[C@@H](NC(=O)N[C@H](C(=O)N1CC(OC(=O)N2CCc3ccccc3C2)C[C@H]1C(=O)NC(CC1CC1)C(=O)C(N)=O)C(C)(C)C)C(C)(C)C)S(C)(=O)=O. The minimum absolute atomic E-state index is 0.0278. The van der Waals surface area contributed by atoms with Crippen LogP contribution in [0.3, 0.4) is 0 Å². The molecule has 6 amide bonds. The van der Waals surface area contributed by atoms with E-state index < -0.39 is 86.8 Å². The fourth-order valence-electron chi connectivity index (χ4n) is 6.68. The lowest BCUT2D eigenvalue weighted by Crippen LogP contribution is -2.61. The fraction of sp³-hybridized carbons (Fsp3) is 0.676. The Morgan fingerprint density at radius 1 is 0.963 bits per heavy atom. The molecule has 4 rings (SSSR count). The summed E-state index contributed by atoms with van der Waals surface area (Å²) < 4.78 is 31.4. The number of carbonyl (C=O) groups is 6. The molecular weight excluding hydrogens is 719 g/mol. The van der Waals surface area contributed by atoms with Gasteiger partial charge in [0.2, 0.25) is 27.6 Å². The van der Waals surface area contributed by atoms with Crippen molar-refractivity contribution in [3.8, 4) is 0 Å². The molecule has 300 valence electrons. The molecule has 0 bridgehead atoms. The number of likely N-dealkylation sites (tertiary alicyclic amines) is 1. The van der Waals surface area contributed by atoms with E-state index in [4.69, 9.17) is 10.5 Å². The predicted octanol–water partition coefficient (Wildman–Crippen LogP) is 1.51. The summed E-state index contributed by atoms with van der Waals surface area (Å²) in [7, 11) is -2.15. The van der Waals surface area contributed by atoms with Crippen LogP contribution in [0.4, 0.5) is 9.59 Å². The maximum Gasteiger partial charge on any atom is 0.410 e. The van der Waals surface area contributed by atoms with Crippen LogP contribution >= 0.6 is 0 Å². The number of Topliss-reactive ketones (excluding diaryl/α,β-unsaturated/α-hetero) is 1. The average molecular weight is 776 g/mol. The summed E-state index contributed by atoms with van der Waals surface area (Å²) in [4.78, 5) is 83.0. The topological polar surface area (TPSA) is 218 Å². The highest BCUT2D eigenvalue weighted by Gasteiger charge is 2.47. The van der Waals surface area contributed by atoms with Crippen LogP contribution in [-0.4, -0.2) is 121 Å². The van der Waals surface area contributed by atoms with Crippen LogP contribution in [0.2, 0.25) is 0 Å². The van der Waals surface area contributed by atoms with Gasteiger partial charge in [-0.15, -0.1) is 0 Å². The molecule has 1 saturated carbocycles. The number of sulfonamides is 1. The van der Waals surface area contributed by atoms with Gasteiger partial charge in [0.05, 0.1) is 18.8 Å². The summed E-state index contributed by atoms with van der Waals surface area (Å²) in [5.74, 6) is -3.34. The van der Waals surface area contributed by atoms with Crippen molar-refractivity contribution in [2.45, 2.75) is 110 Å². The monoisotopic (exact) mass is 775 g/mol. The van der Waals surface area contributed by atoms with E-state index in [0.29, 0.717) is 19.5 Å². The molecule has 5 atom stereocenters. The van der Waals surface area contributed by atoms with Crippen LogP contribution < -0.4 is 21.7 Å². The Morgan fingerprint density at radius 2 is 1.59 bits per heavy atom. The number of ether oxygens (including phenoxy) is 1. The summed E-state index contributed by atoms with van der Waals surface area (Å²) in [6.07, 6.45) is 2.01. The molecule has 16 nitrogen and oxygen atoms in total. The minimum atomic E-state index is -3.56. The van der Waals surface area contributed by atoms with E-state index in [1.807, 2.05) is 45.0 Å². The molecule has 1 aliphatic carbocycles. The van der Waals surface area contributed by atoms with Crippen molar-refractivity contribution in [1.29, 1.82) is 0 Å². The van der Waals surface area contributed by atoms with Crippen molar-refractivity contribution in [2.24, 2.45) is 22.5 Å². The van der Waals surface area contributed by atoms with Crippen LogP contribution in [0.5, 0.6) is 0 Å². The smallest absolute Gasteiger partial charge is 0.410 e. The molecule has 0 spiro atoms. The van der Waals surface area contributed by atoms with Gasteiger partial charge in [0, 0.05) is 39.1 Å². The van der Waals surface area contributed by atoms with Crippen molar-refractivity contribution in [2.75, 3.05) is 32.9 Å². The Labute approximate surface area is 318 Å². The van der Waals surface area contributed by atoms with E-state index in [0.717, 1.165) is 34.5 Å². The van der Waals surface area contributed by atoms with Crippen LogP contribution in [0, 0.1) is 16.7 Å². The van der Waals surface area contributed by atoms with Gasteiger partial charge in [-0.05, 0) is 40.7 Å². The minimum Gasteiger partial charge on any atom is -0.444 e. The van der Waals surface area contributed by atoms with E-state index in [1.54, 1.807) is 25.7 Å². The zero-order valence-electron chi connectivity index (χ0n) is 32.6. The van der Waals surface area contributed by atoms with Crippen molar-refractivity contribution in [3.63, 3.8) is 0 Å². The van der Waals surface area contributed by atoms with Gasteiger partial charge in [0.1, 0.15) is 18.2 Å². The summed E-state index contributed by atoms with van der Waals surface area (Å²) in [5.41, 5.74) is 5.97. The number of urea groups is 1. The van der Waals surface area contributed by atoms with Gasteiger partial charge in [0.25, 0.3) is 5.91 Å². The lowest BCUT2D eigenvalue weighted by Gasteiger charge is -2.37. The van der Waals surface area contributed by atoms with Crippen LogP contribution in [0.15, 0.2) is 24.3 Å². The maximum atomic E-state index is 14.5. The molecule has 0 aromatic heterocycles. The largest absolute Gasteiger partial charge is 0.444 e. The molecule has 1 aromatic rings. The van der Waals surface area contributed by atoms with Gasteiger partial charge < -0.3 is 36.2 Å². The van der Waals surface area contributed by atoms with E-state index in [1.165, 1.54) is 11.9 Å². The number of ketones is 1. The molecular formula is C37H57N7O9S. The lowest BCUT2D eigenvalue weighted by molar-refractivity contribution is -0.143. The number of benzene rings is 1. The number of carbonyl (C=O) groups excluding carboxylic acids is 6. The van der Waals surface area contributed by atoms with E-state index in [-0.39, 0.29) is 31.8 Å². The first-order valence-corrected chi connectivity index (χ1v) is 20.3. The Hall–Kier alpha value is -4.25. The molecule has 2 unspecified atom stereocenters. The second kappa shape index (κ2) is 16.6. The van der Waals surface area contributed by atoms with Crippen molar-refractivity contribution in [3.05, 3.63) is 35.4 Å². The highest BCUT2D eigenvalue weighted by molar-refractivity contribution is 7.88. The first-order valence-electron chi connectivity index (χ1n) is 18.4. The number of likely N-dealkylation sites (N-methyl/N-ethyl adjacent to an activating group) is 1. The molecule has 1 aromatic carbocycles. The third kappa shape index (κ3) is 11.1. The predicted molar refractivity (Wildman–Crippen MR) is 200 cm³/mol. The fourth-order valence-corrected chi connectivity index (χ4v) is 7.10. The molecule has 2 fully saturated rings. The number of nitrogens with zero attached hydrogens (tertiary/aromatic N) is 3. The third-order valence-corrected chi connectivity index (χ3v) is 11.7. The first-order chi connectivity index (χ1) is 24.9. The highest BCUT2D eigenvalue weighted by Crippen LogP contribution is 2.34. The quantitative estimate of drug-likeness (QED) is 0.213. The number of primary amides is 1. The van der Waals surface area contributed by atoms with E-state index >= 15 is 0 Å². The van der Waals surface area contributed by atoms with Crippen LogP contribution in [-0.2, 0) is 46.9 Å². The van der Waals surface area contributed by atoms with Crippen LogP contribution in [0.1, 0.15) is 78.4 Å². The molecule has 3 aliphatic rings. The summed E-state index contributed by atoms with van der Waals surface area (Å²) in [6.45, 7) is 11.3. The average Bonchev–Trinajstić information content (AvgIpc) is 3.79. The molecule has 5 N–H and O–H groups in total. The summed E-state index contributed by atoms with van der Waals surface area (Å²) >= 11 is 0. The van der Waals surface area contributed by atoms with Gasteiger partial charge in [-0.3, -0.25) is 19.2 Å². The highest BCUT2D eigenvalue weighted by atomic mass is 32.2. The third-order valence-electron chi connectivity index (χ3n) is 10.4. The summed E-state index contributed by atoms with van der Waals surface area (Å²) in [5, 5.41) is 8.24. The Bertz CT molecular complexity index is 1720. The standard InChI is InChI=1S/C37H57N7O9S/c1-36(2,3)28(21-42(7)54(8,51)52)40-34(49)41-30(37(4,5)6)33(48)44-20-25(53-35(50)43-16-15-23-11-9-10-12-24(23)19-43)18-27(44)32(47)39-26(17-22-13-14-22)29(45)31(38)46/h9-12,22,25-28,30H,13-21H2,1-8H3,(H2,38,46)(H,39,47)(H2,40,41,49)/t25?,26?,27-,28+,30+/m0/s1. The van der Waals surface area contributed by atoms with Gasteiger partial charge >= 0.3 is 12.1 Å². The van der Waals surface area contributed by atoms with Gasteiger partial charge in [-0.1, -0.05) is 78.6 Å². The zero-order chi connectivity index (χ0) is 40.3. The Balaban J connectivity index is 1.57. The van der Waals surface area contributed by atoms with Crippen molar-refractivity contribution < 1.29 is 41.9 Å². The number of nitrogens with one attached hydrogen (secondary N) is 3. The Morgan fingerprint density at radius 3 is 2.15 bits per heavy atom. The molecule has 0 radical (unpaired) electrons. The van der Waals surface area contributed by atoms with Crippen molar-refractivity contribution in [1.82, 2.24) is 30.1 Å². The number of amides is 6. The maximum absolute atomic E-state index is 14.5. The number of hydrogen-bond donors (Lipinski definition) is 4. The Kier molecular flexibility index (Phi) is 13.1. The molecule has 2 aliphatic heterocycles. The van der Waals surface area contributed by atoms with Crippen LogP contribution in [0.25, 0.3) is 0 Å². The zero-order valence-corrected chi connectivity index (χ0v) is 33.5. The molecule has 2 heterocycles. The number of hydrogen-bond acceptors (Lipinski definition) is 9. The van der Waals surface area contributed by atoms with Gasteiger partial charge in [0.15, 0.2) is 0 Å². The number of rotatable bonds is 13. The van der Waals surface area contributed by atoms with Gasteiger partial charge in [-0.2, -0.15) is 0 Å². The first kappa shape index (κ1) is 42.5. The number of fused-ring (bicyclic) bond motifs is 1. The molecule has 1 saturated heterocycles.